The molecule has 1 heterocycles. The number of aromatic nitrogens is 1. The van der Waals surface area contributed by atoms with Crippen LogP contribution in [0.5, 0.6) is 5.75 Å². The van der Waals surface area contributed by atoms with Gasteiger partial charge in [-0.3, -0.25) is 4.79 Å². The standard InChI is InChI=1S/C15H18N2O3S/c1-11-10-21-15(17-11)9-20-13-4-2-12(3-5-13)8-14(19)16-6-7-18/h2-5,10,18H,6-9H2,1H3,(H,16,19). The number of benzene rings is 1. The highest BCUT2D eigenvalue weighted by Gasteiger charge is 2.04. The Kier molecular flexibility index (Phi) is 5.71. The molecule has 0 aliphatic carbocycles. The summed E-state index contributed by atoms with van der Waals surface area (Å²) in [5, 5.41) is 14.2. The minimum absolute atomic E-state index is 0.0469. The molecule has 2 N–H and O–H groups in total. The Morgan fingerprint density at radius 1 is 1.38 bits per heavy atom. The molecule has 0 fully saturated rings. The Morgan fingerprint density at radius 3 is 2.76 bits per heavy atom. The maximum absolute atomic E-state index is 11.5. The third-order valence-corrected chi connectivity index (χ3v) is 3.69. The van der Waals surface area contributed by atoms with Gasteiger partial charge < -0.3 is 15.2 Å². The maximum Gasteiger partial charge on any atom is 0.224 e. The van der Waals surface area contributed by atoms with Crippen molar-refractivity contribution in [2.75, 3.05) is 13.2 Å². The Labute approximate surface area is 127 Å². The first-order valence-electron chi connectivity index (χ1n) is 6.67. The van der Waals surface area contributed by atoms with Crippen LogP contribution in [0.2, 0.25) is 0 Å². The number of hydrogen-bond acceptors (Lipinski definition) is 5. The number of thiazole rings is 1. The van der Waals surface area contributed by atoms with Crippen molar-refractivity contribution in [1.82, 2.24) is 10.3 Å². The first kappa shape index (κ1) is 15.5. The molecule has 112 valence electrons. The number of nitrogens with one attached hydrogen (secondary N) is 1. The number of aliphatic hydroxyl groups is 1. The highest BCUT2D eigenvalue weighted by molar-refractivity contribution is 7.09. The molecule has 1 amide bonds. The van der Waals surface area contributed by atoms with Gasteiger partial charge in [-0.15, -0.1) is 11.3 Å². The van der Waals surface area contributed by atoms with E-state index < -0.39 is 0 Å². The van der Waals surface area contributed by atoms with E-state index in [4.69, 9.17) is 9.84 Å². The topological polar surface area (TPSA) is 71.5 Å². The lowest BCUT2D eigenvalue weighted by Gasteiger charge is -2.06. The summed E-state index contributed by atoms with van der Waals surface area (Å²) in [7, 11) is 0. The molecule has 0 spiro atoms. The predicted octanol–water partition coefficient (Wildman–Crippen LogP) is 1.68. The molecule has 0 atom stereocenters. The molecule has 6 heteroatoms. The third-order valence-electron chi connectivity index (χ3n) is 2.75. The fourth-order valence-corrected chi connectivity index (χ4v) is 2.44. The maximum atomic E-state index is 11.5. The summed E-state index contributed by atoms with van der Waals surface area (Å²) < 4.78 is 5.64. The normalized spacial score (nSPS) is 10.4. The van der Waals surface area contributed by atoms with Crippen LogP contribution in [-0.2, 0) is 17.8 Å². The lowest BCUT2D eigenvalue weighted by atomic mass is 10.1. The molecule has 2 aromatic rings. The largest absolute Gasteiger partial charge is 0.486 e. The monoisotopic (exact) mass is 306 g/mol. The van der Waals surface area contributed by atoms with Crippen molar-refractivity contribution in [2.45, 2.75) is 20.0 Å². The van der Waals surface area contributed by atoms with E-state index in [0.717, 1.165) is 22.0 Å². The first-order valence-corrected chi connectivity index (χ1v) is 7.55. The summed E-state index contributed by atoms with van der Waals surface area (Å²) in [4.78, 5) is 15.8. The zero-order valence-electron chi connectivity index (χ0n) is 11.8. The minimum Gasteiger partial charge on any atom is -0.486 e. The van der Waals surface area contributed by atoms with Gasteiger partial charge in [0.2, 0.25) is 5.91 Å². The molecule has 0 saturated heterocycles. The van der Waals surface area contributed by atoms with Crippen LogP contribution in [0.4, 0.5) is 0 Å². The third kappa shape index (κ3) is 5.17. The van der Waals surface area contributed by atoms with Gasteiger partial charge in [0.1, 0.15) is 17.4 Å². The van der Waals surface area contributed by atoms with Gasteiger partial charge in [0.05, 0.1) is 13.0 Å². The summed E-state index contributed by atoms with van der Waals surface area (Å²) in [6.45, 7) is 2.65. The second-order valence-electron chi connectivity index (χ2n) is 4.57. The van der Waals surface area contributed by atoms with Crippen molar-refractivity contribution in [3.8, 4) is 5.75 Å². The van der Waals surface area contributed by atoms with Crippen LogP contribution in [0.1, 0.15) is 16.3 Å². The summed E-state index contributed by atoms with van der Waals surface area (Å²) in [6, 6.07) is 7.41. The Morgan fingerprint density at radius 2 is 2.14 bits per heavy atom. The summed E-state index contributed by atoms with van der Waals surface area (Å²) in [6.07, 6.45) is 0.298. The highest BCUT2D eigenvalue weighted by Crippen LogP contribution is 2.16. The van der Waals surface area contributed by atoms with Crippen molar-refractivity contribution >= 4 is 17.2 Å². The summed E-state index contributed by atoms with van der Waals surface area (Å²) in [5.74, 6) is 0.651. The van der Waals surface area contributed by atoms with Gasteiger partial charge in [0, 0.05) is 17.6 Å². The van der Waals surface area contributed by atoms with E-state index in [1.54, 1.807) is 11.3 Å². The van der Waals surface area contributed by atoms with E-state index >= 15 is 0 Å². The Hall–Kier alpha value is -1.92. The molecule has 2 rings (SSSR count). The van der Waals surface area contributed by atoms with Gasteiger partial charge in [-0.2, -0.15) is 0 Å². The van der Waals surface area contributed by atoms with Crippen molar-refractivity contribution in [3.63, 3.8) is 0 Å². The number of rotatable bonds is 7. The lowest BCUT2D eigenvalue weighted by Crippen LogP contribution is -2.27. The van der Waals surface area contributed by atoms with Crippen LogP contribution in [0.25, 0.3) is 0 Å². The molecular formula is C15H18N2O3S. The number of carbonyl (C=O) groups is 1. The zero-order chi connectivity index (χ0) is 15.1. The molecule has 1 aromatic heterocycles. The van der Waals surface area contributed by atoms with E-state index in [2.05, 4.69) is 10.3 Å². The predicted molar refractivity (Wildman–Crippen MR) is 81.4 cm³/mol. The van der Waals surface area contributed by atoms with Crippen LogP contribution in [0.15, 0.2) is 29.6 Å². The van der Waals surface area contributed by atoms with Crippen LogP contribution in [0.3, 0.4) is 0 Å². The van der Waals surface area contributed by atoms with Crippen molar-refractivity contribution in [1.29, 1.82) is 0 Å². The molecule has 1 aromatic carbocycles. The number of amides is 1. The fraction of sp³-hybridized carbons (Fsp3) is 0.333. The number of hydrogen-bond donors (Lipinski definition) is 2. The highest BCUT2D eigenvalue weighted by atomic mass is 32.1. The zero-order valence-corrected chi connectivity index (χ0v) is 12.7. The average Bonchev–Trinajstić information content (AvgIpc) is 2.90. The van der Waals surface area contributed by atoms with Gasteiger partial charge in [-0.25, -0.2) is 4.98 Å². The van der Waals surface area contributed by atoms with E-state index in [-0.39, 0.29) is 19.1 Å². The van der Waals surface area contributed by atoms with Crippen molar-refractivity contribution < 1.29 is 14.6 Å². The molecule has 5 nitrogen and oxygen atoms in total. The van der Waals surface area contributed by atoms with Crippen LogP contribution in [0, 0.1) is 6.92 Å². The number of nitrogens with zero attached hydrogens (tertiary/aromatic N) is 1. The smallest absolute Gasteiger partial charge is 0.224 e. The quantitative estimate of drug-likeness (QED) is 0.816. The molecule has 0 saturated carbocycles. The molecule has 0 radical (unpaired) electrons. The van der Waals surface area contributed by atoms with Crippen LogP contribution < -0.4 is 10.1 Å². The first-order chi connectivity index (χ1) is 10.2. The fourth-order valence-electron chi connectivity index (χ4n) is 1.76. The number of aliphatic hydroxyl groups excluding tert-OH is 1. The molecule has 0 bridgehead atoms. The van der Waals surface area contributed by atoms with Crippen LogP contribution in [-0.4, -0.2) is 29.1 Å². The molecular weight excluding hydrogens is 288 g/mol. The van der Waals surface area contributed by atoms with E-state index in [1.807, 2.05) is 36.6 Å². The molecule has 0 aliphatic rings. The second kappa shape index (κ2) is 7.75. The molecule has 0 unspecified atom stereocenters. The number of ether oxygens (including phenoxy) is 1. The summed E-state index contributed by atoms with van der Waals surface area (Å²) in [5.41, 5.74) is 1.91. The van der Waals surface area contributed by atoms with Gasteiger partial charge in [-0.1, -0.05) is 12.1 Å². The Bertz CT molecular complexity index is 581. The van der Waals surface area contributed by atoms with E-state index in [0.29, 0.717) is 13.0 Å². The number of carbonyl (C=O) groups excluding carboxylic acids is 1. The lowest BCUT2D eigenvalue weighted by molar-refractivity contribution is -0.120. The second-order valence-corrected chi connectivity index (χ2v) is 5.51. The van der Waals surface area contributed by atoms with Gasteiger partial charge in [0.25, 0.3) is 0 Å². The van der Waals surface area contributed by atoms with Gasteiger partial charge in [-0.05, 0) is 24.6 Å². The SMILES string of the molecule is Cc1csc(COc2ccc(CC(=O)NCCO)cc2)n1. The summed E-state index contributed by atoms with van der Waals surface area (Å²) >= 11 is 1.58. The van der Waals surface area contributed by atoms with Gasteiger partial charge >= 0.3 is 0 Å². The molecule has 0 aliphatic heterocycles. The Balaban J connectivity index is 1.82. The van der Waals surface area contributed by atoms with Crippen molar-refractivity contribution in [2.24, 2.45) is 0 Å². The van der Waals surface area contributed by atoms with Gasteiger partial charge in [0.15, 0.2) is 0 Å². The minimum atomic E-state index is -0.101. The van der Waals surface area contributed by atoms with E-state index in [1.165, 1.54) is 0 Å². The van der Waals surface area contributed by atoms with Crippen molar-refractivity contribution in [3.05, 3.63) is 45.9 Å². The van der Waals surface area contributed by atoms with Crippen LogP contribution >= 0.6 is 11.3 Å². The average molecular weight is 306 g/mol. The van der Waals surface area contributed by atoms with E-state index in [9.17, 15) is 4.79 Å². The molecule has 21 heavy (non-hydrogen) atoms. The number of aryl methyl sites for hydroxylation is 1.